The molecule has 0 rings (SSSR count). The monoisotopic (exact) mass is 531 g/mol. The Balaban J connectivity index is 3.51. The molecule has 222 valence electrons. The standard InChI is InChI=1S/C36H66O2/c1-3-5-7-9-11-13-15-17-19-21-23-25-27-29-31-33-36(38)35(34-37)32-30-28-26-24-22-20-18-16-14-12-10-8-6-4-2/h17-20,34-35H,3-16,21-33H2,1-2H3. The van der Waals surface area contributed by atoms with Crippen LogP contribution in [0.5, 0.6) is 0 Å². The number of rotatable bonds is 31. The van der Waals surface area contributed by atoms with Gasteiger partial charge in [0.25, 0.3) is 0 Å². The minimum absolute atomic E-state index is 0.176. The van der Waals surface area contributed by atoms with Crippen molar-refractivity contribution in [2.45, 2.75) is 187 Å². The van der Waals surface area contributed by atoms with Crippen LogP contribution < -0.4 is 0 Å². The summed E-state index contributed by atoms with van der Waals surface area (Å²) in [6.45, 7) is 4.54. The van der Waals surface area contributed by atoms with Crippen molar-refractivity contribution >= 4 is 12.1 Å². The highest BCUT2D eigenvalue weighted by Crippen LogP contribution is 2.16. The van der Waals surface area contributed by atoms with Crippen LogP contribution in [-0.4, -0.2) is 12.1 Å². The maximum Gasteiger partial charge on any atom is 0.143 e. The number of hydrogen-bond acceptors (Lipinski definition) is 2. The van der Waals surface area contributed by atoms with Gasteiger partial charge in [0, 0.05) is 6.42 Å². The Bertz CT molecular complexity index is 548. The van der Waals surface area contributed by atoms with Crippen LogP contribution in [0.15, 0.2) is 24.3 Å². The van der Waals surface area contributed by atoms with E-state index >= 15 is 0 Å². The van der Waals surface area contributed by atoms with E-state index < -0.39 is 0 Å². The van der Waals surface area contributed by atoms with Gasteiger partial charge in [-0.25, -0.2) is 0 Å². The van der Waals surface area contributed by atoms with E-state index in [9.17, 15) is 9.59 Å². The zero-order valence-corrected chi connectivity index (χ0v) is 25.9. The maximum atomic E-state index is 12.4. The molecule has 0 spiro atoms. The van der Waals surface area contributed by atoms with Crippen molar-refractivity contribution in [2.75, 3.05) is 0 Å². The summed E-state index contributed by atoms with van der Waals surface area (Å²) in [6.07, 6.45) is 43.3. The van der Waals surface area contributed by atoms with Gasteiger partial charge in [-0.2, -0.15) is 0 Å². The van der Waals surface area contributed by atoms with E-state index in [-0.39, 0.29) is 11.7 Å². The van der Waals surface area contributed by atoms with Crippen molar-refractivity contribution in [1.29, 1.82) is 0 Å². The number of aldehydes is 1. The molecule has 0 fully saturated rings. The first-order valence-electron chi connectivity index (χ1n) is 17.0. The van der Waals surface area contributed by atoms with Crippen LogP contribution in [0, 0.1) is 5.92 Å². The summed E-state index contributed by atoms with van der Waals surface area (Å²) < 4.78 is 0. The fraction of sp³-hybridized carbons (Fsp3) is 0.833. The minimum Gasteiger partial charge on any atom is -0.303 e. The quantitative estimate of drug-likeness (QED) is 0.0386. The molecule has 0 saturated heterocycles. The number of carbonyl (C=O) groups excluding carboxylic acids is 2. The number of ketones is 1. The molecule has 0 aromatic rings. The van der Waals surface area contributed by atoms with Gasteiger partial charge < -0.3 is 4.79 Å². The molecule has 0 amide bonds. The Morgan fingerprint density at radius 2 is 0.816 bits per heavy atom. The molecule has 2 nitrogen and oxygen atoms in total. The zero-order chi connectivity index (χ0) is 27.8. The third-order valence-corrected chi connectivity index (χ3v) is 7.79. The van der Waals surface area contributed by atoms with Gasteiger partial charge in [0.2, 0.25) is 0 Å². The highest BCUT2D eigenvalue weighted by atomic mass is 16.1. The second-order valence-electron chi connectivity index (χ2n) is 11.6. The Kier molecular flexibility index (Phi) is 31.0. The summed E-state index contributed by atoms with van der Waals surface area (Å²) in [5, 5.41) is 0. The largest absolute Gasteiger partial charge is 0.303 e. The van der Waals surface area contributed by atoms with Crippen molar-refractivity contribution in [2.24, 2.45) is 5.92 Å². The van der Waals surface area contributed by atoms with Gasteiger partial charge in [0.1, 0.15) is 12.1 Å². The predicted octanol–water partition coefficient (Wildman–Crippen LogP) is 12.1. The highest BCUT2D eigenvalue weighted by molar-refractivity contribution is 5.93. The first-order valence-corrected chi connectivity index (χ1v) is 17.0. The fourth-order valence-corrected chi connectivity index (χ4v) is 5.12. The summed E-state index contributed by atoms with van der Waals surface area (Å²) >= 11 is 0. The average molecular weight is 531 g/mol. The Hall–Kier alpha value is -1.18. The van der Waals surface area contributed by atoms with Crippen molar-refractivity contribution in [1.82, 2.24) is 0 Å². The molecule has 0 radical (unpaired) electrons. The molecule has 0 aromatic heterocycles. The summed E-state index contributed by atoms with van der Waals surface area (Å²) in [6, 6.07) is 0. The Morgan fingerprint density at radius 1 is 0.474 bits per heavy atom. The van der Waals surface area contributed by atoms with Gasteiger partial charge in [0.15, 0.2) is 0 Å². The van der Waals surface area contributed by atoms with Crippen molar-refractivity contribution in [3.63, 3.8) is 0 Å². The van der Waals surface area contributed by atoms with Crippen LogP contribution in [0.2, 0.25) is 0 Å². The number of unbranched alkanes of at least 4 members (excludes halogenated alkanes) is 21. The zero-order valence-electron chi connectivity index (χ0n) is 25.9. The molecule has 1 unspecified atom stereocenters. The van der Waals surface area contributed by atoms with Crippen molar-refractivity contribution in [3.8, 4) is 0 Å². The predicted molar refractivity (Wildman–Crippen MR) is 169 cm³/mol. The van der Waals surface area contributed by atoms with E-state index in [2.05, 4.69) is 38.2 Å². The first kappa shape index (κ1) is 36.8. The van der Waals surface area contributed by atoms with Crippen LogP contribution in [0.4, 0.5) is 0 Å². The van der Waals surface area contributed by atoms with E-state index in [0.29, 0.717) is 6.42 Å². The van der Waals surface area contributed by atoms with Crippen LogP contribution in [0.3, 0.4) is 0 Å². The van der Waals surface area contributed by atoms with E-state index in [4.69, 9.17) is 0 Å². The van der Waals surface area contributed by atoms with Crippen molar-refractivity contribution in [3.05, 3.63) is 24.3 Å². The lowest BCUT2D eigenvalue weighted by Crippen LogP contribution is -2.15. The normalized spacial score (nSPS) is 12.6. The van der Waals surface area contributed by atoms with E-state index in [0.717, 1.165) is 38.4 Å². The average Bonchev–Trinajstić information content (AvgIpc) is 2.93. The van der Waals surface area contributed by atoms with Gasteiger partial charge >= 0.3 is 0 Å². The van der Waals surface area contributed by atoms with Gasteiger partial charge in [0.05, 0.1) is 5.92 Å². The number of Topliss-reactive ketones (excluding diaryl/α,β-unsaturated/α-hetero) is 1. The van der Waals surface area contributed by atoms with Crippen LogP contribution in [-0.2, 0) is 9.59 Å². The minimum atomic E-state index is -0.357. The third-order valence-electron chi connectivity index (χ3n) is 7.79. The number of hydrogen-bond donors (Lipinski definition) is 0. The molecule has 0 aliphatic rings. The summed E-state index contributed by atoms with van der Waals surface area (Å²) in [5.41, 5.74) is 0. The molecule has 38 heavy (non-hydrogen) atoms. The molecule has 0 bridgehead atoms. The molecular weight excluding hydrogens is 464 g/mol. The maximum absolute atomic E-state index is 12.4. The van der Waals surface area contributed by atoms with E-state index in [1.54, 1.807) is 0 Å². The van der Waals surface area contributed by atoms with Crippen LogP contribution in [0.25, 0.3) is 0 Å². The van der Waals surface area contributed by atoms with Gasteiger partial charge in [-0.1, -0.05) is 141 Å². The Morgan fingerprint density at radius 3 is 1.21 bits per heavy atom. The van der Waals surface area contributed by atoms with Crippen LogP contribution >= 0.6 is 0 Å². The lowest BCUT2D eigenvalue weighted by Gasteiger charge is -2.09. The second-order valence-corrected chi connectivity index (χ2v) is 11.6. The lowest BCUT2D eigenvalue weighted by molar-refractivity contribution is -0.127. The molecular formula is C36H66O2. The second kappa shape index (κ2) is 32.0. The Labute approximate surface area is 238 Å². The van der Waals surface area contributed by atoms with Gasteiger partial charge in [-0.05, 0) is 64.2 Å². The smallest absolute Gasteiger partial charge is 0.143 e. The topological polar surface area (TPSA) is 34.1 Å². The fourth-order valence-electron chi connectivity index (χ4n) is 5.12. The highest BCUT2D eigenvalue weighted by Gasteiger charge is 2.16. The summed E-state index contributed by atoms with van der Waals surface area (Å²) in [7, 11) is 0. The molecule has 0 aliphatic heterocycles. The lowest BCUT2D eigenvalue weighted by atomic mass is 9.94. The number of allylic oxidation sites excluding steroid dienone is 4. The van der Waals surface area contributed by atoms with Gasteiger partial charge in [-0.15, -0.1) is 0 Å². The molecule has 0 N–H and O–H groups in total. The molecule has 0 saturated carbocycles. The molecule has 0 heterocycles. The molecule has 0 aliphatic carbocycles. The SMILES string of the molecule is CCCCCCCCC=CCCCCCCCC(=O)C(C=O)CCCCCCC=CCCCCCCCC. The summed E-state index contributed by atoms with van der Waals surface area (Å²) in [4.78, 5) is 23.9. The van der Waals surface area contributed by atoms with E-state index in [1.807, 2.05) is 0 Å². The first-order chi connectivity index (χ1) is 18.8. The number of carbonyl (C=O) groups is 2. The van der Waals surface area contributed by atoms with E-state index in [1.165, 1.54) is 135 Å². The van der Waals surface area contributed by atoms with Crippen LogP contribution in [0.1, 0.15) is 187 Å². The third kappa shape index (κ3) is 27.8. The molecule has 1 atom stereocenters. The van der Waals surface area contributed by atoms with Gasteiger partial charge in [-0.3, -0.25) is 4.79 Å². The van der Waals surface area contributed by atoms with Crippen molar-refractivity contribution < 1.29 is 9.59 Å². The molecule has 0 aromatic carbocycles. The molecule has 2 heteroatoms. The summed E-state index contributed by atoms with van der Waals surface area (Å²) in [5.74, 6) is -0.181.